The number of hydrogen-bond acceptors (Lipinski definition) is 6. The van der Waals surface area contributed by atoms with Gasteiger partial charge in [-0.1, -0.05) is 12.5 Å². The van der Waals surface area contributed by atoms with Crippen molar-refractivity contribution in [2.75, 3.05) is 11.9 Å². The van der Waals surface area contributed by atoms with Crippen LogP contribution in [-0.4, -0.2) is 31.2 Å². The van der Waals surface area contributed by atoms with Crippen LogP contribution < -0.4 is 5.32 Å². The second kappa shape index (κ2) is 7.43. The molecule has 0 saturated carbocycles. The third kappa shape index (κ3) is 3.68. The van der Waals surface area contributed by atoms with Gasteiger partial charge in [-0.2, -0.15) is 14.4 Å². The molecule has 27 heavy (non-hydrogen) atoms. The SMILES string of the molecule is Oc1cc(CNc2nc(F)nc3c2ncn3C2CCCCCO2)ccc1F. The number of benzene rings is 1. The Hall–Kier alpha value is -2.81. The average Bonchev–Trinajstić information content (AvgIpc) is 2.88. The van der Waals surface area contributed by atoms with Crippen molar-refractivity contribution in [3.05, 3.63) is 42.0 Å². The van der Waals surface area contributed by atoms with E-state index >= 15 is 0 Å². The molecule has 4 rings (SSSR count). The van der Waals surface area contributed by atoms with E-state index in [1.54, 1.807) is 10.9 Å². The third-order valence-corrected chi connectivity index (χ3v) is 4.58. The summed E-state index contributed by atoms with van der Waals surface area (Å²) in [7, 11) is 0. The van der Waals surface area contributed by atoms with Gasteiger partial charge < -0.3 is 15.2 Å². The molecular formula is C18H19F2N5O2. The van der Waals surface area contributed by atoms with E-state index in [1.165, 1.54) is 18.2 Å². The summed E-state index contributed by atoms with van der Waals surface area (Å²) in [6, 6.07) is 3.99. The van der Waals surface area contributed by atoms with Gasteiger partial charge in [-0.25, -0.2) is 9.37 Å². The van der Waals surface area contributed by atoms with E-state index < -0.39 is 17.6 Å². The van der Waals surface area contributed by atoms with Crippen molar-refractivity contribution in [3.63, 3.8) is 0 Å². The van der Waals surface area contributed by atoms with Crippen LogP contribution in [0, 0.1) is 11.9 Å². The van der Waals surface area contributed by atoms with Crippen molar-refractivity contribution in [1.82, 2.24) is 19.5 Å². The second-order valence-corrected chi connectivity index (χ2v) is 6.48. The van der Waals surface area contributed by atoms with Gasteiger partial charge >= 0.3 is 6.08 Å². The van der Waals surface area contributed by atoms with Crippen LogP contribution in [0.15, 0.2) is 24.5 Å². The minimum absolute atomic E-state index is 0.214. The lowest BCUT2D eigenvalue weighted by atomic mass is 10.2. The average molecular weight is 375 g/mol. The summed E-state index contributed by atoms with van der Waals surface area (Å²) in [4.78, 5) is 12.0. The zero-order valence-corrected chi connectivity index (χ0v) is 14.5. The Balaban J connectivity index is 1.62. The summed E-state index contributed by atoms with van der Waals surface area (Å²) < 4.78 is 34.8. The standard InChI is InChI=1S/C18H19F2N5O2/c19-12-6-5-11(8-13(12)26)9-21-16-15-17(24-18(20)23-16)25(10-22-15)14-4-2-1-3-7-27-14/h5-6,8,10,14,26H,1-4,7,9H2,(H,21,23,24). The molecule has 1 unspecified atom stereocenters. The first-order chi connectivity index (χ1) is 13.1. The van der Waals surface area contributed by atoms with Crippen LogP contribution in [0.3, 0.4) is 0 Å². The van der Waals surface area contributed by atoms with Gasteiger partial charge in [0.15, 0.2) is 28.5 Å². The number of ether oxygens (including phenoxy) is 1. The molecule has 0 aliphatic carbocycles. The van der Waals surface area contributed by atoms with Gasteiger partial charge in [0.1, 0.15) is 6.23 Å². The lowest BCUT2D eigenvalue weighted by Crippen LogP contribution is -2.12. The Labute approximate surface area is 154 Å². The van der Waals surface area contributed by atoms with E-state index in [9.17, 15) is 13.9 Å². The van der Waals surface area contributed by atoms with Crippen molar-refractivity contribution in [3.8, 4) is 5.75 Å². The summed E-state index contributed by atoms with van der Waals surface area (Å²) in [5.74, 6) is -0.909. The maximum absolute atomic E-state index is 14.0. The fraction of sp³-hybridized carbons (Fsp3) is 0.389. The molecule has 7 nitrogen and oxygen atoms in total. The number of rotatable bonds is 4. The van der Waals surface area contributed by atoms with Gasteiger partial charge in [-0.15, -0.1) is 0 Å². The number of fused-ring (bicyclic) bond motifs is 1. The molecule has 0 spiro atoms. The highest BCUT2D eigenvalue weighted by Crippen LogP contribution is 2.27. The molecule has 3 heterocycles. The van der Waals surface area contributed by atoms with Crippen molar-refractivity contribution in [2.45, 2.75) is 38.5 Å². The molecule has 142 valence electrons. The van der Waals surface area contributed by atoms with Crippen LogP contribution in [-0.2, 0) is 11.3 Å². The number of nitrogens with one attached hydrogen (secondary N) is 1. The molecule has 1 aliphatic heterocycles. The van der Waals surface area contributed by atoms with E-state index in [0.29, 0.717) is 23.3 Å². The number of phenols is 1. The Morgan fingerprint density at radius 2 is 2.11 bits per heavy atom. The number of nitrogens with zero attached hydrogens (tertiary/aromatic N) is 4. The number of imidazole rings is 1. The maximum Gasteiger partial charge on any atom is 0.312 e. The van der Waals surface area contributed by atoms with E-state index in [-0.39, 0.29) is 18.6 Å². The minimum atomic E-state index is -0.873. The Bertz CT molecular complexity index is 954. The largest absolute Gasteiger partial charge is 0.505 e. The molecule has 0 bridgehead atoms. The molecule has 2 aromatic heterocycles. The Morgan fingerprint density at radius 3 is 2.96 bits per heavy atom. The second-order valence-electron chi connectivity index (χ2n) is 6.48. The molecule has 1 aliphatic rings. The van der Waals surface area contributed by atoms with Crippen LogP contribution in [0.4, 0.5) is 14.6 Å². The van der Waals surface area contributed by atoms with E-state index in [4.69, 9.17) is 4.74 Å². The zero-order valence-electron chi connectivity index (χ0n) is 14.5. The highest BCUT2D eigenvalue weighted by molar-refractivity contribution is 5.82. The molecule has 0 radical (unpaired) electrons. The highest BCUT2D eigenvalue weighted by Gasteiger charge is 2.20. The molecule has 9 heteroatoms. The maximum atomic E-state index is 14.0. The van der Waals surface area contributed by atoms with E-state index in [2.05, 4.69) is 20.3 Å². The van der Waals surface area contributed by atoms with Crippen molar-refractivity contribution in [2.24, 2.45) is 0 Å². The monoisotopic (exact) mass is 375 g/mol. The summed E-state index contributed by atoms with van der Waals surface area (Å²) in [5.41, 5.74) is 1.40. The highest BCUT2D eigenvalue weighted by atomic mass is 19.1. The van der Waals surface area contributed by atoms with Gasteiger partial charge in [0, 0.05) is 13.2 Å². The smallest absolute Gasteiger partial charge is 0.312 e. The predicted octanol–water partition coefficient (Wildman–Crippen LogP) is 3.51. The molecule has 3 aromatic rings. The zero-order chi connectivity index (χ0) is 18.8. The first-order valence-corrected chi connectivity index (χ1v) is 8.85. The van der Waals surface area contributed by atoms with Gasteiger partial charge in [0.25, 0.3) is 0 Å². The minimum Gasteiger partial charge on any atom is -0.505 e. The number of halogens is 2. The lowest BCUT2D eigenvalue weighted by molar-refractivity contribution is 0.00928. The van der Waals surface area contributed by atoms with Gasteiger partial charge in [-0.05, 0) is 37.0 Å². The number of hydrogen-bond donors (Lipinski definition) is 2. The third-order valence-electron chi connectivity index (χ3n) is 4.58. The van der Waals surface area contributed by atoms with Crippen LogP contribution in [0.2, 0.25) is 0 Å². The number of aromatic hydroxyl groups is 1. The molecule has 1 saturated heterocycles. The van der Waals surface area contributed by atoms with Crippen LogP contribution in [0.5, 0.6) is 5.75 Å². The summed E-state index contributed by atoms with van der Waals surface area (Å²) in [6.45, 7) is 0.864. The number of anilines is 1. The fourth-order valence-corrected chi connectivity index (χ4v) is 3.20. The van der Waals surface area contributed by atoms with Gasteiger partial charge in [0.2, 0.25) is 0 Å². The van der Waals surface area contributed by atoms with Crippen molar-refractivity contribution >= 4 is 17.0 Å². The first kappa shape index (κ1) is 17.6. The summed E-state index contributed by atoms with van der Waals surface area (Å²) in [6.07, 6.45) is 4.43. The topological polar surface area (TPSA) is 85.1 Å². The predicted molar refractivity (Wildman–Crippen MR) is 94.1 cm³/mol. The molecule has 0 amide bonds. The molecule has 1 atom stereocenters. The normalized spacial score (nSPS) is 17.8. The van der Waals surface area contributed by atoms with E-state index in [0.717, 1.165) is 25.7 Å². The number of phenolic OH excluding ortho intramolecular Hbond substituents is 1. The molecule has 1 aromatic carbocycles. The van der Waals surface area contributed by atoms with Crippen LogP contribution in [0.1, 0.15) is 37.5 Å². The molecular weight excluding hydrogens is 356 g/mol. The van der Waals surface area contributed by atoms with Crippen LogP contribution >= 0.6 is 0 Å². The summed E-state index contributed by atoms with van der Waals surface area (Å²) in [5, 5.41) is 12.4. The lowest BCUT2D eigenvalue weighted by Gasteiger charge is -2.17. The summed E-state index contributed by atoms with van der Waals surface area (Å²) >= 11 is 0. The molecule has 1 fully saturated rings. The first-order valence-electron chi connectivity index (χ1n) is 8.85. The van der Waals surface area contributed by atoms with Crippen LogP contribution in [0.25, 0.3) is 11.2 Å². The Morgan fingerprint density at radius 1 is 1.22 bits per heavy atom. The quantitative estimate of drug-likeness (QED) is 0.679. The van der Waals surface area contributed by atoms with E-state index in [1.807, 2.05) is 0 Å². The van der Waals surface area contributed by atoms with Crippen molar-refractivity contribution < 1.29 is 18.6 Å². The Kier molecular flexibility index (Phi) is 4.85. The van der Waals surface area contributed by atoms with Crippen molar-refractivity contribution in [1.29, 1.82) is 0 Å². The fourth-order valence-electron chi connectivity index (χ4n) is 3.20. The molecule has 2 N–H and O–H groups in total. The number of aromatic nitrogens is 4. The van der Waals surface area contributed by atoms with Gasteiger partial charge in [0.05, 0.1) is 6.33 Å². The van der Waals surface area contributed by atoms with Gasteiger partial charge in [-0.3, -0.25) is 4.57 Å².